The van der Waals surface area contributed by atoms with Crippen LogP contribution in [0.25, 0.3) is 5.65 Å². The third kappa shape index (κ3) is 4.50. The number of aromatic nitrogens is 3. The molecule has 1 amide bonds. The Labute approximate surface area is 167 Å². The zero-order valence-electron chi connectivity index (χ0n) is 15.5. The maximum atomic E-state index is 13.3. The number of amides is 1. The average molecular weight is 436 g/mol. The molecule has 0 unspecified atom stereocenters. The Morgan fingerprint density at radius 3 is 2.85 bits per heavy atom. The van der Waals surface area contributed by atoms with Crippen molar-refractivity contribution in [1.29, 1.82) is 0 Å². The summed E-state index contributed by atoms with van der Waals surface area (Å²) in [5, 5.41) is 4.47. The van der Waals surface area contributed by atoms with E-state index in [-0.39, 0.29) is 11.9 Å². The minimum atomic E-state index is 0.00458. The molecule has 27 heavy (non-hydrogen) atoms. The first-order chi connectivity index (χ1) is 13.2. The molecular weight excluding hydrogens is 410 g/mol. The van der Waals surface area contributed by atoms with Gasteiger partial charge in [0.2, 0.25) is 0 Å². The largest absolute Gasteiger partial charge is 0.381 e. The van der Waals surface area contributed by atoms with E-state index in [0.717, 1.165) is 50.0 Å². The van der Waals surface area contributed by atoms with Crippen LogP contribution in [0.4, 0.5) is 0 Å². The van der Waals surface area contributed by atoms with Crippen LogP contribution in [0, 0.1) is 0 Å². The van der Waals surface area contributed by atoms with Crippen molar-refractivity contribution in [3.05, 3.63) is 28.6 Å². The van der Waals surface area contributed by atoms with Gasteiger partial charge in [-0.3, -0.25) is 4.79 Å². The van der Waals surface area contributed by atoms with E-state index in [1.165, 1.54) is 25.9 Å². The fraction of sp³-hybridized carbons (Fsp3) is 0.632. The molecule has 0 atom stereocenters. The van der Waals surface area contributed by atoms with Crippen LogP contribution in [0.1, 0.15) is 42.6 Å². The SMILES string of the molecule is O=C(c1cc2ncc(Br)cn2n1)N(CCCN1CCCC1)C1CCOCC1. The molecule has 0 aromatic carbocycles. The van der Waals surface area contributed by atoms with Crippen molar-refractivity contribution in [2.45, 2.75) is 38.1 Å². The second-order valence-electron chi connectivity index (χ2n) is 7.35. The Morgan fingerprint density at radius 1 is 1.30 bits per heavy atom. The number of likely N-dealkylation sites (tertiary alicyclic amines) is 1. The third-order valence-electron chi connectivity index (χ3n) is 5.47. The fourth-order valence-corrected chi connectivity index (χ4v) is 4.32. The van der Waals surface area contributed by atoms with Gasteiger partial charge in [-0.15, -0.1) is 0 Å². The monoisotopic (exact) mass is 435 g/mol. The predicted octanol–water partition coefficient (Wildman–Crippen LogP) is 2.60. The smallest absolute Gasteiger partial charge is 0.274 e. The summed E-state index contributed by atoms with van der Waals surface area (Å²) < 4.78 is 7.99. The van der Waals surface area contributed by atoms with Gasteiger partial charge in [-0.2, -0.15) is 5.10 Å². The number of ether oxygens (including phenoxy) is 1. The first kappa shape index (κ1) is 18.8. The maximum Gasteiger partial charge on any atom is 0.274 e. The average Bonchev–Trinajstić information content (AvgIpc) is 3.34. The second-order valence-corrected chi connectivity index (χ2v) is 8.26. The highest BCUT2D eigenvalue weighted by Crippen LogP contribution is 2.19. The highest BCUT2D eigenvalue weighted by Gasteiger charge is 2.28. The van der Waals surface area contributed by atoms with Crippen LogP contribution in [-0.4, -0.2) is 75.7 Å². The zero-order valence-corrected chi connectivity index (χ0v) is 17.1. The highest BCUT2D eigenvalue weighted by molar-refractivity contribution is 9.10. The first-order valence-corrected chi connectivity index (χ1v) is 10.6. The molecule has 8 heteroatoms. The summed E-state index contributed by atoms with van der Waals surface area (Å²) in [4.78, 5) is 22.1. The molecule has 7 nitrogen and oxygen atoms in total. The van der Waals surface area contributed by atoms with Crippen LogP contribution < -0.4 is 0 Å². The fourth-order valence-electron chi connectivity index (χ4n) is 4.02. The Balaban J connectivity index is 1.49. The number of hydrogen-bond donors (Lipinski definition) is 0. The van der Waals surface area contributed by atoms with Crippen molar-refractivity contribution in [3.8, 4) is 0 Å². The summed E-state index contributed by atoms with van der Waals surface area (Å²) >= 11 is 3.40. The van der Waals surface area contributed by atoms with Crippen LogP contribution in [0.2, 0.25) is 0 Å². The molecule has 2 aliphatic heterocycles. The first-order valence-electron chi connectivity index (χ1n) is 9.83. The van der Waals surface area contributed by atoms with Gasteiger partial charge in [0, 0.05) is 44.3 Å². The number of carbonyl (C=O) groups excluding carboxylic acids is 1. The highest BCUT2D eigenvalue weighted by atomic mass is 79.9. The van der Waals surface area contributed by atoms with Crippen molar-refractivity contribution in [1.82, 2.24) is 24.4 Å². The van der Waals surface area contributed by atoms with Crippen molar-refractivity contribution >= 4 is 27.5 Å². The Hall–Kier alpha value is -1.51. The van der Waals surface area contributed by atoms with Crippen LogP contribution in [0.15, 0.2) is 22.9 Å². The maximum absolute atomic E-state index is 13.3. The van der Waals surface area contributed by atoms with Crippen LogP contribution in [0.5, 0.6) is 0 Å². The molecule has 4 heterocycles. The van der Waals surface area contributed by atoms with Crippen LogP contribution in [-0.2, 0) is 4.74 Å². The van der Waals surface area contributed by atoms with Gasteiger partial charge in [0.15, 0.2) is 11.3 Å². The molecule has 2 saturated heterocycles. The Bertz CT molecular complexity index is 783. The second kappa shape index (κ2) is 8.67. The van der Waals surface area contributed by atoms with Gasteiger partial charge >= 0.3 is 0 Å². The third-order valence-corrected chi connectivity index (χ3v) is 5.87. The minimum Gasteiger partial charge on any atom is -0.381 e. The number of hydrogen-bond acceptors (Lipinski definition) is 5. The lowest BCUT2D eigenvalue weighted by atomic mass is 10.1. The van der Waals surface area contributed by atoms with E-state index in [0.29, 0.717) is 11.3 Å². The molecule has 0 bridgehead atoms. The molecule has 0 saturated carbocycles. The normalized spacial score (nSPS) is 19.0. The van der Waals surface area contributed by atoms with Gasteiger partial charge in [0.1, 0.15) is 0 Å². The number of halogens is 1. The summed E-state index contributed by atoms with van der Waals surface area (Å²) in [5.41, 5.74) is 1.15. The molecular formula is C19H26BrN5O2. The minimum absolute atomic E-state index is 0.00458. The number of carbonyl (C=O) groups is 1. The van der Waals surface area contributed by atoms with Gasteiger partial charge in [-0.25, -0.2) is 9.50 Å². The van der Waals surface area contributed by atoms with E-state index in [4.69, 9.17) is 4.74 Å². The molecule has 2 aromatic heterocycles. The zero-order chi connectivity index (χ0) is 18.6. The van der Waals surface area contributed by atoms with Gasteiger partial charge < -0.3 is 14.5 Å². The lowest BCUT2D eigenvalue weighted by Crippen LogP contribution is -2.44. The van der Waals surface area contributed by atoms with E-state index in [1.807, 2.05) is 11.1 Å². The summed E-state index contributed by atoms with van der Waals surface area (Å²) in [7, 11) is 0. The van der Waals surface area contributed by atoms with Crippen LogP contribution >= 0.6 is 15.9 Å². The summed E-state index contributed by atoms with van der Waals surface area (Å²) in [5.74, 6) is 0.00458. The standard InChI is InChI=1S/C19H26BrN5O2/c20-15-13-21-18-12-17(22-25(18)14-15)19(26)24(16-4-10-27-11-5-16)9-3-8-23-6-1-2-7-23/h12-14,16H,1-11H2. The summed E-state index contributed by atoms with van der Waals surface area (Å²) in [6.07, 6.45) is 8.93. The van der Waals surface area contributed by atoms with Gasteiger partial charge in [-0.1, -0.05) is 0 Å². The molecule has 0 N–H and O–H groups in total. The number of nitrogens with zero attached hydrogens (tertiary/aromatic N) is 5. The summed E-state index contributed by atoms with van der Waals surface area (Å²) in [6.45, 7) is 5.66. The summed E-state index contributed by atoms with van der Waals surface area (Å²) in [6, 6.07) is 2.01. The molecule has 4 rings (SSSR count). The van der Waals surface area contributed by atoms with Crippen molar-refractivity contribution in [2.24, 2.45) is 0 Å². The lowest BCUT2D eigenvalue weighted by molar-refractivity contribution is 0.0278. The Kier molecular flexibility index (Phi) is 6.04. The molecule has 0 spiro atoms. The van der Waals surface area contributed by atoms with Gasteiger partial charge in [0.25, 0.3) is 5.91 Å². The molecule has 2 fully saturated rings. The topological polar surface area (TPSA) is 63.0 Å². The number of fused-ring (bicyclic) bond motifs is 1. The van der Waals surface area contributed by atoms with Crippen LogP contribution in [0.3, 0.4) is 0 Å². The van der Waals surface area contributed by atoms with E-state index in [1.54, 1.807) is 16.8 Å². The molecule has 0 aliphatic carbocycles. The Morgan fingerprint density at radius 2 is 2.07 bits per heavy atom. The lowest BCUT2D eigenvalue weighted by Gasteiger charge is -2.34. The van der Waals surface area contributed by atoms with E-state index in [2.05, 4.69) is 30.9 Å². The molecule has 146 valence electrons. The van der Waals surface area contributed by atoms with Crippen molar-refractivity contribution < 1.29 is 9.53 Å². The van der Waals surface area contributed by atoms with E-state index >= 15 is 0 Å². The van der Waals surface area contributed by atoms with E-state index < -0.39 is 0 Å². The van der Waals surface area contributed by atoms with Crippen molar-refractivity contribution in [2.75, 3.05) is 39.4 Å². The van der Waals surface area contributed by atoms with E-state index in [9.17, 15) is 4.79 Å². The predicted molar refractivity (Wildman–Crippen MR) is 106 cm³/mol. The quantitative estimate of drug-likeness (QED) is 0.697. The number of rotatable bonds is 6. The molecule has 2 aromatic rings. The molecule has 0 radical (unpaired) electrons. The van der Waals surface area contributed by atoms with Gasteiger partial charge in [-0.05, 0) is 67.7 Å². The van der Waals surface area contributed by atoms with Crippen molar-refractivity contribution in [3.63, 3.8) is 0 Å². The van der Waals surface area contributed by atoms with Gasteiger partial charge in [0.05, 0.1) is 4.47 Å². The molecule has 2 aliphatic rings.